The molecule has 1 fully saturated rings. The van der Waals surface area contributed by atoms with Gasteiger partial charge in [0.05, 0.1) is 6.10 Å². The van der Waals surface area contributed by atoms with Gasteiger partial charge in [0, 0.05) is 31.1 Å². The Hall–Kier alpha value is -1.81. The molecular weight excluding hydrogens is 302 g/mol. The minimum absolute atomic E-state index is 0.0342. The predicted octanol–water partition coefficient (Wildman–Crippen LogP) is 4.39. The Labute approximate surface area is 143 Å². The summed E-state index contributed by atoms with van der Waals surface area (Å²) in [5.74, 6) is 0.436. The van der Waals surface area contributed by atoms with Crippen LogP contribution < -0.4 is 0 Å². The lowest BCUT2D eigenvalue weighted by Crippen LogP contribution is -2.28. The fraction of sp³-hybridized carbons (Fsp3) is 0.550. The fourth-order valence-electron chi connectivity index (χ4n) is 3.42. The zero-order chi connectivity index (χ0) is 17.3. The summed E-state index contributed by atoms with van der Waals surface area (Å²) in [6, 6.07) is 4.13. The van der Waals surface area contributed by atoms with Crippen LogP contribution in [0.5, 0.6) is 0 Å². The molecule has 1 aliphatic rings. The average molecular weight is 329 g/mol. The van der Waals surface area contributed by atoms with Gasteiger partial charge < -0.3 is 14.1 Å². The number of aryl methyl sites for hydroxylation is 3. The molecule has 1 aromatic heterocycles. The van der Waals surface area contributed by atoms with Gasteiger partial charge in [-0.3, -0.25) is 4.79 Å². The zero-order valence-electron chi connectivity index (χ0n) is 15.1. The molecule has 0 spiro atoms. The largest absolute Gasteiger partial charge is 0.450 e. The van der Waals surface area contributed by atoms with E-state index in [1.54, 1.807) is 4.90 Å². The Balaban J connectivity index is 1.70. The standard InChI is InChI=1S/C20H27NO3/c1-13-9-10-17-15(3)19(24-18(17)14(13)2)20(22)21(4)11-5-7-16-8-6-12-23-16/h9-10,16H,5-8,11-12H2,1-4H3/t16-/m0/s1. The van der Waals surface area contributed by atoms with Crippen LogP contribution in [0, 0.1) is 20.8 Å². The van der Waals surface area contributed by atoms with Crippen LogP contribution in [0.3, 0.4) is 0 Å². The smallest absolute Gasteiger partial charge is 0.289 e. The number of furan rings is 1. The SMILES string of the molecule is Cc1ccc2c(C)c(C(=O)N(C)CCC[C@H]3CCCO3)oc2c1C. The number of nitrogens with zero attached hydrogens (tertiary/aromatic N) is 1. The van der Waals surface area contributed by atoms with Crippen LogP contribution in [0.15, 0.2) is 16.5 Å². The highest BCUT2D eigenvalue weighted by Crippen LogP contribution is 2.30. The second kappa shape index (κ2) is 6.98. The third-order valence-corrected chi connectivity index (χ3v) is 5.21. The Kier molecular flexibility index (Phi) is 4.95. The minimum atomic E-state index is -0.0342. The molecule has 4 heteroatoms. The van der Waals surface area contributed by atoms with Crippen molar-refractivity contribution in [2.75, 3.05) is 20.2 Å². The van der Waals surface area contributed by atoms with Gasteiger partial charge in [-0.05, 0) is 57.6 Å². The van der Waals surface area contributed by atoms with E-state index in [-0.39, 0.29) is 5.91 Å². The molecule has 24 heavy (non-hydrogen) atoms. The molecule has 0 N–H and O–H groups in total. The van der Waals surface area contributed by atoms with E-state index in [2.05, 4.69) is 13.0 Å². The summed E-state index contributed by atoms with van der Waals surface area (Å²) in [5.41, 5.74) is 4.06. The van der Waals surface area contributed by atoms with Crippen molar-refractivity contribution >= 4 is 16.9 Å². The van der Waals surface area contributed by atoms with E-state index in [0.717, 1.165) is 60.9 Å². The molecule has 1 aliphatic heterocycles. The summed E-state index contributed by atoms with van der Waals surface area (Å²) >= 11 is 0. The van der Waals surface area contributed by atoms with Crippen molar-refractivity contribution in [1.82, 2.24) is 4.90 Å². The van der Waals surface area contributed by atoms with Gasteiger partial charge in [-0.1, -0.05) is 12.1 Å². The molecule has 2 heterocycles. The maximum absolute atomic E-state index is 12.8. The van der Waals surface area contributed by atoms with Gasteiger partial charge in [-0.25, -0.2) is 0 Å². The maximum Gasteiger partial charge on any atom is 0.289 e. The number of hydrogen-bond acceptors (Lipinski definition) is 3. The van der Waals surface area contributed by atoms with Crippen LogP contribution in [0.1, 0.15) is 52.9 Å². The lowest BCUT2D eigenvalue weighted by Gasteiger charge is -2.17. The molecule has 0 aliphatic carbocycles. The van der Waals surface area contributed by atoms with Crippen LogP contribution in [0.4, 0.5) is 0 Å². The van der Waals surface area contributed by atoms with Crippen molar-refractivity contribution in [2.24, 2.45) is 0 Å². The molecule has 0 unspecified atom stereocenters. The molecule has 1 amide bonds. The summed E-state index contributed by atoms with van der Waals surface area (Å²) in [7, 11) is 1.85. The number of carbonyl (C=O) groups excluding carboxylic acids is 1. The Bertz CT molecular complexity index is 741. The molecule has 0 bridgehead atoms. The number of rotatable bonds is 5. The normalized spacial score (nSPS) is 17.6. The first-order valence-electron chi connectivity index (χ1n) is 8.85. The van der Waals surface area contributed by atoms with Crippen LogP contribution in [0.2, 0.25) is 0 Å². The minimum Gasteiger partial charge on any atom is -0.450 e. The van der Waals surface area contributed by atoms with Crippen molar-refractivity contribution in [3.05, 3.63) is 34.6 Å². The van der Waals surface area contributed by atoms with Crippen molar-refractivity contribution in [3.8, 4) is 0 Å². The third-order valence-electron chi connectivity index (χ3n) is 5.21. The van der Waals surface area contributed by atoms with E-state index >= 15 is 0 Å². The second-order valence-corrected chi connectivity index (χ2v) is 6.94. The van der Waals surface area contributed by atoms with Crippen molar-refractivity contribution in [1.29, 1.82) is 0 Å². The highest BCUT2D eigenvalue weighted by atomic mass is 16.5. The van der Waals surface area contributed by atoms with Gasteiger partial charge in [0.2, 0.25) is 0 Å². The maximum atomic E-state index is 12.8. The molecule has 1 atom stereocenters. The van der Waals surface area contributed by atoms with Crippen LogP contribution in [-0.4, -0.2) is 37.1 Å². The molecule has 1 aromatic carbocycles. The molecule has 130 valence electrons. The molecular formula is C20H27NO3. The first-order chi connectivity index (χ1) is 11.5. The molecule has 1 saturated heterocycles. The molecule has 0 radical (unpaired) electrons. The summed E-state index contributed by atoms with van der Waals surface area (Å²) < 4.78 is 11.6. The van der Waals surface area contributed by atoms with E-state index < -0.39 is 0 Å². The summed E-state index contributed by atoms with van der Waals surface area (Å²) in [5, 5.41) is 1.04. The number of ether oxygens (including phenoxy) is 1. The first kappa shape index (κ1) is 17.0. The first-order valence-corrected chi connectivity index (χ1v) is 8.85. The van der Waals surface area contributed by atoms with E-state index in [9.17, 15) is 4.79 Å². The van der Waals surface area contributed by atoms with Crippen molar-refractivity contribution in [3.63, 3.8) is 0 Å². The van der Waals surface area contributed by atoms with Crippen molar-refractivity contribution < 1.29 is 13.9 Å². The van der Waals surface area contributed by atoms with Gasteiger partial charge in [-0.15, -0.1) is 0 Å². The van der Waals surface area contributed by atoms with Gasteiger partial charge >= 0.3 is 0 Å². The molecule has 2 aromatic rings. The van der Waals surface area contributed by atoms with Crippen molar-refractivity contribution in [2.45, 2.75) is 52.6 Å². The Morgan fingerprint density at radius 3 is 2.75 bits per heavy atom. The van der Waals surface area contributed by atoms with Gasteiger partial charge in [0.25, 0.3) is 5.91 Å². The number of fused-ring (bicyclic) bond motifs is 1. The fourth-order valence-corrected chi connectivity index (χ4v) is 3.42. The summed E-state index contributed by atoms with van der Waals surface area (Å²) in [6.45, 7) is 7.68. The van der Waals surface area contributed by atoms with E-state index in [1.165, 1.54) is 5.56 Å². The number of benzene rings is 1. The number of hydrogen-bond donors (Lipinski definition) is 0. The number of carbonyl (C=O) groups is 1. The summed E-state index contributed by atoms with van der Waals surface area (Å²) in [4.78, 5) is 14.5. The van der Waals surface area contributed by atoms with Crippen LogP contribution >= 0.6 is 0 Å². The summed E-state index contributed by atoms with van der Waals surface area (Å²) in [6.07, 6.45) is 4.68. The van der Waals surface area contributed by atoms with Gasteiger partial charge in [-0.2, -0.15) is 0 Å². The van der Waals surface area contributed by atoms with E-state index in [1.807, 2.05) is 27.0 Å². The monoisotopic (exact) mass is 329 g/mol. The molecule has 0 saturated carbocycles. The van der Waals surface area contributed by atoms with Crippen LogP contribution in [0.25, 0.3) is 11.0 Å². The Morgan fingerprint density at radius 2 is 2.04 bits per heavy atom. The van der Waals surface area contributed by atoms with Gasteiger partial charge in [0.15, 0.2) is 5.76 Å². The lowest BCUT2D eigenvalue weighted by molar-refractivity contribution is 0.0736. The van der Waals surface area contributed by atoms with Gasteiger partial charge in [0.1, 0.15) is 5.58 Å². The second-order valence-electron chi connectivity index (χ2n) is 6.94. The van der Waals surface area contributed by atoms with E-state index in [4.69, 9.17) is 9.15 Å². The quantitative estimate of drug-likeness (QED) is 0.817. The molecule has 3 rings (SSSR count). The Morgan fingerprint density at radius 1 is 1.25 bits per heavy atom. The van der Waals surface area contributed by atoms with E-state index in [0.29, 0.717) is 11.9 Å². The predicted molar refractivity (Wildman–Crippen MR) is 95.6 cm³/mol. The third kappa shape index (κ3) is 3.20. The average Bonchev–Trinajstić information content (AvgIpc) is 3.19. The number of amides is 1. The zero-order valence-corrected chi connectivity index (χ0v) is 15.1. The lowest BCUT2D eigenvalue weighted by atomic mass is 10.0. The highest BCUT2D eigenvalue weighted by Gasteiger charge is 2.22. The highest BCUT2D eigenvalue weighted by molar-refractivity contribution is 5.99. The van der Waals surface area contributed by atoms with Crippen LogP contribution in [-0.2, 0) is 4.74 Å². The molecule has 4 nitrogen and oxygen atoms in total. The topological polar surface area (TPSA) is 42.7 Å².